The predicted molar refractivity (Wildman–Crippen MR) is 96.5 cm³/mol. The Morgan fingerprint density at radius 2 is 2.21 bits per heavy atom. The van der Waals surface area contributed by atoms with Gasteiger partial charge in [0, 0.05) is 18.8 Å². The number of likely N-dealkylation sites (N-methyl/N-ethyl adjacent to an activating group) is 1. The molecule has 0 saturated heterocycles. The van der Waals surface area contributed by atoms with Crippen molar-refractivity contribution in [2.75, 3.05) is 34.3 Å². The van der Waals surface area contributed by atoms with Gasteiger partial charge in [-0.15, -0.1) is 0 Å². The maximum absolute atomic E-state index is 12.1. The molecule has 1 aromatic carbocycles. The third kappa shape index (κ3) is 4.09. The summed E-state index contributed by atoms with van der Waals surface area (Å²) in [7, 11) is 5.42. The molecule has 2 N–H and O–H groups in total. The molecule has 0 aliphatic carbocycles. The van der Waals surface area contributed by atoms with E-state index in [1.54, 1.807) is 31.4 Å². The summed E-state index contributed by atoms with van der Waals surface area (Å²) >= 11 is 5.17. The molecule has 0 radical (unpaired) electrons. The summed E-state index contributed by atoms with van der Waals surface area (Å²) in [5, 5.41) is 10.5. The quantitative estimate of drug-likeness (QED) is 0.612. The van der Waals surface area contributed by atoms with Crippen molar-refractivity contribution < 1.29 is 9.84 Å². The van der Waals surface area contributed by atoms with Crippen molar-refractivity contribution in [1.82, 2.24) is 14.5 Å². The van der Waals surface area contributed by atoms with E-state index in [2.05, 4.69) is 9.98 Å². The van der Waals surface area contributed by atoms with Crippen LogP contribution in [0, 0.1) is 4.77 Å². The SMILES string of the molecule is COc1cccc(-n2c(O)c(C=NCCN(C)C)c(=O)[nH]c2=S)c1. The van der Waals surface area contributed by atoms with Crippen LogP contribution in [-0.4, -0.2) is 60.1 Å². The Balaban J connectivity index is 2.48. The van der Waals surface area contributed by atoms with Crippen LogP contribution in [0.1, 0.15) is 5.56 Å². The van der Waals surface area contributed by atoms with E-state index >= 15 is 0 Å². The summed E-state index contributed by atoms with van der Waals surface area (Å²) in [5.74, 6) is 0.354. The first-order valence-electron chi connectivity index (χ1n) is 7.31. The van der Waals surface area contributed by atoms with Crippen LogP contribution in [0.4, 0.5) is 0 Å². The molecule has 0 amide bonds. The minimum atomic E-state index is -0.481. The molecule has 1 heterocycles. The van der Waals surface area contributed by atoms with Gasteiger partial charge in [0.05, 0.1) is 19.3 Å². The molecule has 1 aromatic heterocycles. The number of aromatic amines is 1. The number of methoxy groups -OCH3 is 1. The fourth-order valence-corrected chi connectivity index (χ4v) is 2.34. The van der Waals surface area contributed by atoms with Crippen molar-refractivity contribution in [2.24, 2.45) is 4.99 Å². The summed E-state index contributed by atoms with van der Waals surface area (Å²) in [6, 6.07) is 7.01. The van der Waals surface area contributed by atoms with Crippen LogP contribution in [0.2, 0.25) is 0 Å². The molecule has 8 heteroatoms. The van der Waals surface area contributed by atoms with Crippen LogP contribution in [-0.2, 0) is 0 Å². The fraction of sp³-hybridized carbons (Fsp3) is 0.312. The zero-order chi connectivity index (χ0) is 17.7. The second-order valence-electron chi connectivity index (χ2n) is 5.37. The maximum atomic E-state index is 12.1. The number of hydrogen-bond donors (Lipinski definition) is 2. The monoisotopic (exact) mass is 348 g/mol. The first-order chi connectivity index (χ1) is 11.4. The summed E-state index contributed by atoms with van der Waals surface area (Å²) in [6.07, 6.45) is 1.36. The predicted octanol–water partition coefficient (Wildman–Crippen LogP) is 1.59. The van der Waals surface area contributed by atoms with Gasteiger partial charge in [-0.2, -0.15) is 0 Å². The molecule has 2 aromatic rings. The maximum Gasteiger partial charge on any atom is 0.264 e. The van der Waals surface area contributed by atoms with Gasteiger partial charge in [0.2, 0.25) is 5.88 Å². The van der Waals surface area contributed by atoms with Gasteiger partial charge in [-0.05, 0) is 38.4 Å². The lowest BCUT2D eigenvalue weighted by Crippen LogP contribution is -2.19. The average Bonchev–Trinajstić information content (AvgIpc) is 2.53. The zero-order valence-corrected chi connectivity index (χ0v) is 14.6. The van der Waals surface area contributed by atoms with Crippen LogP contribution in [0.15, 0.2) is 34.1 Å². The standard InChI is InChI=1S/C16H20N4O3S/c1-19(2)8-7-17-10-13-14(21)18-16(24)20(15(13)22)11-5-4-6-12(9-11)23-3/h4-6,9-10,22H,7-8H2,1-3H3,(H,18,21,24). The van der Waals surface area contributed by atoms with Crippen LogP contribution >= 0.6 is 12.2 Å². The number of nitrogens with zero attached hydrogens (tertiary/aromatic N) is 3. The molecule has 0 atom stereocenters. The highest BCUT2D eigenvalue weighted by atomic mass is 32.1. The highest BCUT2D eigenvalue weighted by Crippen LogP contribution is 2.22. The minimum Gasteiger partial charge on any atom is -0.497 e. The summed E-state index contributed by atoms with van der Waals surface area (Å²) in [4.78, 5) is 20.8. The first-order valence-corrected chi connectivity index (χ1v) is 7.72. The second kappa shape index (κ2) is 7.89. The van der Waals surface area contributed by atoms with Gasteiger partial charge >= 0.3 is 0 Å². The number of aromatic hydroxyl groups is 1. The molecular weight excluding hydrogens is 328 g/mol. The van der Waals surface area contributed by atoms with E-state index in [-0.39, 0.29) is 16.2 Å². The Morgan fingerprint density at radius 3 is 2.88 bits per heavy atom. The molecule has 7 nitrogen and oxygen atoms in total. The van der Waals surface area contributed by atoms with E-state index < -0.39 is 5.56 Å². The van der Waals surface area contributed by atoms with Crippen molar-refractivity contribution in [3.05, 3.63) is 45.0 Å². The average molecular weight is 348 g/mol. The Hall–Kier alpha value is -2.45. The van der Waals surface area contributed by atoms with E-state index in [0.29, 0.717) is 18.0 Å². The van der Waals surface area contributed by atoms with Crippen molar-refractivity contribution >= 4 is 18.4 Å². The summed E-state index contributed by atoms with van der Waals surface area (Å²) in [6.45, 7) is 1.25. The highest BCUT2D eigenvalue weighted by Gasteiger charge is 2.12. The van der Waals surface area contributed by atoms with E-state index in [4.69, 9.17) is 17.0 Å². The van der Waals surface area contributed by atoms with Gasteiger partial charge in [0.15, 0.2) is 4.77 Å². The van der Waals surface area contributed by atoms with E-state index in [1.807, 2.05) is 19.0 Å². The second-order valence-corrected chi connectivity index (χ2v) is 5.76. The highest BCUT2D eigenvalue weighted by molar-refractivity contribution is 7.71. The molecule has 128 valence electrons. The largest absolute Gasteiger partial charge is 0.497 e. The molecule has 0 unspecified atom stereocenters. The van der Waals surface area contributed by atoms with E-state index in [0.717, 1.165) is 6.54 Å². The van der Waals surface area contributed by atoms with Gasteiger partial charge in [0.25, 0.3) is 5.56 Å². The van der Waals surface area contributed by atoms with Gasteiger partial charge in [-0.25, -0.2) is 0 Å². The number of rotatable bonds is 6. The summed E-state index contributed by atoms with van der Waals surface area (Å²) in [5.41, 5.74) is 0.159. The number of aromatic nitrogens is 2. The Bertz CT molecular complexity index is 855. The van der Waals surface area contributed by atoms with Gasteiger partial charge in [-0.1, -0.05) is 6.07 Å². The number of aliphatic imine (C=N–C) groups is 1. The lowest BCUT2D eigenvalue weighted by molar-refractivity contribution is 0.413. The van der Waals surface area contributed by atoms with E-state index in [9.17, 15) is 9.90 Å². The van der Waals surface area contributed by atoms with Crippen molar-refractivity contribution in [3.8, 4) is 17.3 Å². The zero-order valence-electron chi connectivity index (χ0n) is 13.8. The minimum absolute atomic E-state index is 0.0603. The third-order valence-electron chi connectivity index (χ3n) is 3.33. The third-order valence-corrected chi connectivity index (χ3v) is 3.61. The molecule has 0 aliphatic heterocycles. The molecule has 24 heavy (non-hydrogen) atoms. The van der Waals surface area contributed by atoms with Crippen LogP contribution in [0.5, 0.6) is 11.6 Å². The smallest absolute Gasteiger partial charge is 0.264 e. The first kappa shape index (κ1) is 17.9. The van der Waals surface area contributed by atoms with E-state index in [1.165, 1.54) is 10.8 Å². The number of hydrogen-bond acceptors (Lipinski definition) is 6. The van der Waals surface area contributed by atoms with Crippen LogP contribution in [0.3, 0.4) is 0 Å². The molecule has 0 bridgehead atoms. The lowest BCUT2D eigenvalue weighted by atomic mass is 10.2. The Labute approximate surface area is 144 Å². The number of nitrogens with one attached hydrogen (secondary N) is 1. The molecular formula is C16H20N4O3S. The van der Waals surface area contributed by atoms with Gasteiger partial charge < -0.3 is 14.7 Å². The van der Waals surface area contributed by atoms with Crippen LogP contribution < -0.4 is 10.3 Å². The number of H-pyrrole nitrogens is 1. The number of ether oxygens (including phenoxy) is 1. The molecule has 0 spiro atoms. The fourth-order valence-electron chi connectivity index (χ4n) is 2.06. The Kier molecular flexibility index (Phi) is 5.88. The van der Waals surface area contributed by atoms with Crippen molar-refractivity contribution in [3.63, 3.8) is 0 Å². The Morgan fingerprint density at radius 1 is 1.46 bits per heavy atom. The van der Waals surface area contributed by atoms with Gasteiger partial charge in [-0.3, -0.25) is 19.3 Å². The molecule has 2 rings (SSSR count). The van der Waals surface area contributed by atoms with Crippen molar-refractivity contribution in [1.29, 1.82) is 0 Å². The topological polar surface area (TPSA) is 82.8 Å². The molecule has 0 saturated carbocycles. The van der Waals surface area contributed by atoms with Gasteiger partial charge in [0.1, 0.15) is 11.3 Å². The molecule has 0 aliphatic rings. The molecule has 0 fully saturated rings. The number of benzene rings is 1. The normalized spacial score (nSPS) is 11.3. The lowest BCUT2D eigenvalue weighted by Gasteiger charge is -2.12. The summed E-state index contributed by atoms with van der Waals surface area (Å²) < 4.78 is 6.64. The van der Waals surface area contributed by atoms with Crippen molar-refractivity contribution in [2.45, 2.75) is 0 Å². The van der Waals surface area contributed by atoms with Crippen LogP contribution in [0.25, 0.3) is 5.69 Å².